The molecule has 0 bridgehead atoms. The number of aromatic amines is 1. The van der Waals surface area contributed by atoms with Crippen molar-refractivity contribution in [1.82, 2.24) is 14.6 Å². The van der Waals surface area contributed by atoms with Gasteiger partial charge in [-0.05, 0) is 13.8 Å². The molecule has 0 spiro atoms. The van der Waals surface area contributed by atoms with Crippen LogP contribution in [0.3, 0.4) is 0 Å². The maximum atomic E-state index is 12.5. The highest BCUT2D eigenvalue weighted by Crippen LogP contribution is 2.24. The highest BCUT2D eigenvalue weighted by molar-refractivity contribution is 7.89. The van der Waals surface area contributed by atoms with Gasteiger partial charge in [-0.1, -0.05) is 0 Å². The Morgan fingerprint density at radius 2 is 2.00 bits per heavy atom. The largest absolute Gasteiger partial charge is 0.366 e. The van der Waals surface area contributed by atoms with Crippen molar-refractivity contribution >= 4 is 15.9 Å². The quantitative estimate of drug-likeness (QED) is 0.748. The van der Waals surface area contributed by atoms with Gasteiger partial charge < -0.3 is 10.3 Å². The van der Waals surface area contributed by atoms with E-state index >= 15 is 0 Å². The number of H-pyrrole nitrogens is 1. The van der Waals surface area contributed by atoms with E-state index in [0.717, 1.165) is 16.6 Å². The summed E-state index contributed by atoms with van der Waals surface area (Å²) >= 11 is 0. The summed E-state index contributed by atoms with van der Waals surface area (Å²) in [4.78, 5) is 25.7. The molecule has 1 amide bonds. The normalized spacial score (nSPS) is 20.0. The van der Waals surface area contributed by atoms with Crippen molar-refractivity contribution in [2.45, 2.75) is 24.3 Å². The van der Waals surface area contributed by atoms with E-state index in [-0.39, 0.29) is 23.9 Å². The number of pyridine rings is 1. The van der Waals surface area contributed by atoms with Crippen LogP contribution in [0.15, 0.2) is 28.2 Å². The highest BCUT2D eigenvalue weighted by atomic mass is 32.2. The molecule has 0 unspecified atom stereocenters. The number of piperazine rings is 1. The van der Waals surface area contributed by atoms with Crippen LogP contribution in [-0.4, -0.2) is 42.2 Å². The molecule has 1 saturated heterocycles. The number of rotatable bonds is 2. The summed E-state index contributed by atoms with van der Waals surface area (Å²) in [6, 6.07) is 1.14. The summed E-state index contributed by atoms with van der Waals surface area (Å²) in [5, 5.41) is 2.61. The van der Waals surface area contributed by atoms with Crippen LogP contribution in [0.25, 0.3) is 0 Å². The smallest absolute Gasteiger partial charge is 0.249 e. The van der Waals surface area contributed by atoms with Gasteiger partial charge in [0.25, 0.3) is 0 Å². The SMILES string of the molecule is CC1(C)C(=O)NCCN1S(=O)(=O)c1c[nH]ccc1=O. The molecule has 2 N–H and O–H groups in total. The fourth-order valence-electron chi connectivity index (χ4n) is 2.02. The molecule has 0 aromatic carbocycles. The maximum absolute atomic E-state index is 12.5. The minimum absolute atomic E-state index is 0.134. The average molecular weight is 285 g/mol. The Hall–Kier alpha value is -1.67. The summed E-state index contributed by atoms with van der Waals surface area (Å²) in [5.74, 6) is -0.380. The van der Waals surface area contributed by atoms with Crippen LogP contribution in [0.1, 0.15) is 13.8 Å². The number of hydrogen-bond donors (Lipinski definition) is 2. The van der Waals surface area contributed by atoms with Crippen molar-refractivity contribution in [3.05, 3.63) is 28.7 Å². The van der Waals surface area contributed by atoms with Gasteiger partial charge in [0, 0.05) is 31.5 Å². The molecule has 7 nitrogen and oxygen atoms in total. The molecular weight excluding hydrogens is 270 g/mol. The van der Waals surface area contributed by atoms with E-state index in [1.807, 2.05) is 0 Å². The first kappa shape index (κ1) is 13.8. The van der Waals surface area contributed by atoms with Gasteiger partial charge in [-0.15, -0.1) is 0 Å². The van der Waals surface area contributed by atoms with Gasteiger partial charge in [0.15, 0.2) is 0 Å². The number of carbonyl (C=O) groups excluding carboxylic acids is 1. The minimum atomic E-state index is -4.00. The first-order valence-electron chi connectivity index (χ1n) is 5.76. The average Bonchev–Trinajstić information content (AvgIpc) is 2.32. The highest BCUT2D eigenvalue weighted by Gasteiger charge is 2.45. The fraction of sp³-hybridized carbons (Fsp3) is 0.455. The molecule has 104 valence electrons. The van der Waals surface area contributed by atoms with Crippen molar-refractivity contribution in [3.8, 4) is 0 Å². The van der Waals surface area contributed by atoms with E-state index in [2.05, 4.69) is 10.3 Å². The molecule has 1 aromatic heterocycles. The Kier molecular flexibility index (Phi) is 3.23. The number of nitrogens with one attached hydrogen (secondary N) is 2. The lowest BCUT2D eigenvalue weighted by molar-refractivity contribution is -0.131. The van der Waals surface area contributed by atoms with Crippen molar-refractivity contribution in [1.29, 1.82) is 0 Å². The number of sulfonamides is 1. The van der Waals surface area contributed by atoms with Gasteiger partial charge in [-0.2, -0.15) is 4.31 Å². The summed E-state index contributed by atoms with van der Waals surface area (Å²) in [5.41, 5.74) is -1.82. The third-order valence-electron chi connectivity index (χ3n) is 3.14. The van der Waals surface area contributed by atoms with E-state index in [1.54, 1.807) is 0 Å². The van der Waals surface area contributed by atoms with Crippen LogP contribution in [-0.2, 0) is 14.8 Å². The third kappa shape index (κ3) is 2.17. The Morgan fingerprint density at radius 3 is 2.63 bits per heavy atom. The lowest BCUT2D eigenvalue weighted by atomic mass is 10.0. The first-order valence-corrected chi connectivity index (χ1v) is 7.20. The van der Waals surface area contributed by atoms with E-state index < -0.39 is 21.0 Å². The fourth-order valence-corrected chi connectivity index (χ4v) is 3.81. The van der Waals surface area contributed by atoms with Crippen molar-refractivity contribution in [2.24, 2.45) is 0 Å². The number of aromatic nitrogens is 1. The molecule has 1 aliphatic heterocycles. The predicted octanol–water partition coefficient (Wildman–Crippen LogP) is -0.726. The van der Waals surface area contributed by atoms with Crippen molar-refractivity contribution < 1.29 is 13.2 Å². The summed E-state index contributed by atoms with van der Waals surface area (Å²) in [7, 11) is -4.00. The van der Waals surface area contributed by atoms with E-state index in [9.17, 15) is 18.0 Å². The standard InChI is InChI=1S/C11H15N3O4S/c1-11(2)10(16)13-5-6-14(11)19(17,18)9-7-12-4-3-8(9)15/h3-4,7H,5-6H2,1-2H3,(H,12,15)(H,13,16). The Morgan fingerprint density at radius 1 is 1.32 bits per heavy atom. The molecule has 0 aliphatic carbocycles. The summed E-state index contributed by atoms with van der Waals surface area (Å²) in [6.07, 6.45) is 2.50. The molecule has 1 aromatic rings. The monoisotopic (exact) mass is 285 g/mol. The third-order valence-corrected chi connectivity index (χ3v) is 5.23. The van der Waals surface area contributed by atoms with E-state index in [4.69, 9.17) is 0 Å². The van der Waals surface area contributed by atoms with Gasteiger partial charge in [-0.3, -0.25) is 9.59 Å². The molecule has 0 saturated carbocycles. The summed E-state index contributed by atoms with van der Waals surface area (Å²) < 4.78 is 26.0. The molecule has 2 heterocycles. The number of carbonyl (C=O) groups is 1. The zero-order valence-corrected chi connectivity index (χ0v) is 11.5. The zero-order valence-electron chi connectivity index (χ0n) is 10.6. The molecule has 0 atom stereocenters. The Labute approximate surface area is 110 Å². The van der Waals surface area contributed by atoms with Crippen molar-refractivity contribution in [3.63, 3.8) is 0 Å². The maximum Gasteiger partial charge on any atom is 0.249 e. The second-order valence-corrected chi connectivity index (χ2v) is 6.60. The lowest BCUT2D eigenvalue weighted by Crippen LogP contribution is -2.63. The molecule has 1 aliphatic rings. The van der Waals surface area contributed by atoms with Gasteiger partial charge in [0.2, 0.25) is 21.4 Å². The second-order valence-electron chi connectivity index (χ2n) is 4.76. The van der Waals surface area contributed by atoms with Crippen LogP contribution >= 0.6 is 0 Å². The van der Waals surface area contributed by atoms with E-state index in [0.29, 0.717) is 0 Å². The topological polar surface area (TPSA) is 99.3 Å². The summed E-state index contributed by atoms with van der Waals surface area (Å²) in [6.45, 7) is 3.38. The van der Waals surface area contributed by atoms with Crippen LogP contribution < -0.4 is 10.7 Å². The molecule has 2 rings (SSSR count). The molecule has 0 radical (unpaired) electrons. The second kappa shape index (κ2) is 4.46. The van der Waals surface area contributed by atoms with Gasteiger partial charge in [-0.25, -0.2) is 8.42 Å². The van der Waals surface area contributed by atoms with Crippen LogP contribution in [0.2, 0.25) is 0 Å². The number of hydrogen-bond acceptors (Lipinski definition) is 4. The van der Waals surface area contributed by atoms with Gasteiger partial charge in [0.1, 0.15) is 10.4 Å². The molecule has 19 heavy (non-hydrogen) atoms. The van der Waals surface area contributed by atoms with Crippen LogP contribution in [0, 0.1) is 0 Å². The molecular formula is C11H15N3O4S. The number of nitrogens with zero attached hydrogens (tertiary/aromatic N) is 1. The van der Waals surface area contributed by atoms with Crippen LogP contribution in [0.4, 0.5) is 0 Å². The molecule has 1 fully saturated rings. The number of amides is 1. The minimum Gasteiger partial charge on any atom is -0.366 e. The first-order chi connectivity index (χ1) is 8.78. The van der Waals surface area contributed by atoms with Crippen molar-refractivity contribution in [2.75, 3.05) is 13.1 Å². The van der Waals surface area contributed by atoms with E-state index in [1.165, 1.54) is 20.0 Å². The Balaban J connectivity index is 2.54. The zero-order chi connectivity index (χ0) is 14.3. The molecule has 8 heteroatoms. The van der Waals surface area contributed by atoms with Gasteiger partial charge in [0.05, 0.1) is 0 Å². The van der Waals surface area contributed by atoms with Crippen LogP contribution in [0.5, 0.6) is 0 Å². The lowest BCUT2D eigenvalue weighted by Gasteiger charge is -2.39. The Bertz CT molecular complexity index is 663. The predicted molar refractivity (Wildman–Crippen MR) is 68.0 cm³/mol. The van der Waals surface area contributed by atoms with Gasteiger partial charge >= 0.3 is 0 Å².